The first-order chi connectivity index (χ1) is 13.0. The number of carbonyl (C=O) groups is 1. The van der Waals surface area contributed by atoms with Crippen molar-refractivity contribution in [3.05, 3.63) is 58.9 Å². The lowest BCUT2D eigenvalue weighted by atomic mass is 10.2. The molecule has 7 heteroatoms. The van der Waals surface area contributed by atoms with Crippen LogP contribution in [0.3, 0.4) is 0 Å². The number of rotatable bonds is 7. The Labute approximate surface area is 167 Å². The van der Waals surface area contributed by atoms with Gasteiger partial charge in [-0.1, -0.05) is 36.8 Å². The van der Waals surface area contributed by atoms with Crippen molar-refractivity contribution in [1.82, 2.24) is 9.88 Å². The highest BCUT2D eigenvalue weighted by Crippen LogP contribution is 2.31. The Balaban J connectivity index is 1.94. The smallest absolute Gasteiger partial charge is 0.260 e. The summed E-state index contributed by atoms with van der Waals surface area (Å²) >= 11 is 7.51. The number of hydrogen-bond acceptors (Lipinski definition) is 4. The van der Waals surface area contributed by atoms with Crippen LogP contribution in [0.2, 0.25) is 5.02 Å². The number of carbonyl (C=O) groups excluding carboxylic acids is 1. The van der Waals surface area contributed by atoms with Crippen LogP contribution in [0.25, 0.3) is 10.2 Å². The molecule has 1 aromatic heterocycles. The predicted molar refractivity (Wildman–Crippen MR) is 110 cm³/mol. The minimum Gasteiger partial charge on any atom is -0.302 e. The largest absolute Gasteiger partial charge is 0.302 e. The number of nitrogens with zero attached hydrogens (tertiary/aromatic N) is 3. The summed E-state index contributed by atoms with van der Waals surface area (Å²) < 4.78 is 14.2. The van der Waals surface area contributed by atoms with Crippen molar-refractivity contribution in [3.63, 3.8) is 0 Å². The number of aromatic nitrogens is 1. The van der Waals surface area contributed by atoms with E-state index in [1.54, 1.807) is 11.0 Å². The van der Waals surface area contributed by atoms with E-state index in [0.717, 1.165) is 29.9 Å². The Bertz CT molecular complexity index is 925. The summed E-state index contributed by atoms with van der Waals surface area (Å²) in [6.45, 7) is 7.24. The van der Waals surface area contributed by atoms with Crippen molar-refractivity contribution in [3.8, 4) is 0 Å². The number of amides is 1. The van der Waals surface area contributed by atoms with Gasteiger partial charge in [-0.05, 0) is 55.6 Å². The van der Waals surface area contributed by atoms with Gasteiger partial charge in [0.05, 0.1) is 10.2 Å². The third-order valence-corrected chi connectivity index (χ3v) is 5.72. The Kier molecular flexibility index (Phi) is 6.42. The molecule has 0 spiro atoms. The summed E-state index contributed by atoms with van der Waals surface area (Å²) in [6, 6.07) is 11.1. The highest BCUT2D eigenvalue weighted by Gasteiger charge is 2.22. The normalized spacial score (nSPS) is 11.3. The van der Waals surface area contributed by atoms with E-state index in [1.165, 1.54) is 35.6 Å². The number of benzene rings is 2. The maximum atomic E-state index is 13.2. The molecule has 1 heterocycles. The van der Waals surface area contributed by atoms with Crippen molar-refractivity contribution >= 4 is 44.2 Å². The van der Waals surface area contributed by atoms with Gasteiger partial charge in [-0.3, -0.25) is 9.69 Å². The molecule has 0 radical (unpaired) electrons. The van der Waals surface area contributed by atoms with Crippen molar-refractivity contribution < 1.29 is 9.18 Å². The highest BCUT2D eigenvalue weighted by molar-refractivity contribution is 7.22. The molecular weight excluding hydrogens is 385 g/mol. The molecule has 0 saturated carbocycles. The molecule has 3 aromatic rings. The van der Waals surface area contributed by atoms with Gasteiger partial charge in [-0.25, -0.2) is 9.37 Å². The van der Waals surface area contributed by atoms with Gasteiger partial charge in [0.25, 0.3) is 5.91 Å². The second-order valence-corrected chi connectivity index (χ2v) is 7.54. The summed E-state index contributed by atoms with van der Waals surface area (Å²) in [7, 11) is 0. The molecule has 142 valence electrons. The molecule has 0 fully saturated rings. The number of halogens is 2. The van der Waals surface area contributed by atoms with Crippen LogP contribution in [0, 0.1) is 5.82 Å². The molecule has 4 nitrogen and oxygen atoms in total. The van der Waals surface area contributed by atoms with Crippen LogP contribution < -0.4 is 4.90 Å². The summed E-state index contributed by atoms with van der Waals surface area (Å²) in [5, 5.41) is 1.26. The van der Waals surface area contributed by atoms with Crippen molar-refractivity contribution in [2.75, 3.05) is 31.1 Å². The lowest BCUT2D eigenvalue weighted by Crippen LogP contribution is -2.38. The van der Waals surface area contributed by atoms with Crippen LogP contribution in [0.1, 0.15) is 24.2 Å². The zero-order valence-corrected chi connectivity index (χ0v) is 16.9. The maximum Gasteiger partial charge on any atom is 0.260 e. The number of fused-ring (bicyclic) bond motifs is 1. The van der Waals surface area contributed by atoms with Crippen LogP contribution >= 0.6 is 22.9 Å². The molecule has 0 aliphatic rings. The first-order valence-corrected chi connectivity index (χ1v) is 10.1. The molecule has 3 rings (SSSR count). The quantitative estimate of drug-likeness (QED) is 0.550. The van der Waals surface area contributed by atoms with Gasteiger partial charge in [0, 0.05) is 23.7 Å². The fourth-order valence-electron chi connectivity index (χ4n) is 2.82. The molecule has 0 unspecified atom stereocenters. The SMILES string of the molecule is CCN(CC)CCN(C(=O)c1ccc(F)cc1)c1nc2ccc(Cl)cc2s1. The highest BCUT2D eigenvalue weighted by atomic mass is 35.5. The predicted octanol–water partition coefficient (Wildman–Crippen LogP) is 5.08. The summed E-state index contributed by atoms with van der Waals surface area (Å²) in [5.74, 6) is -0.553. The topological polar surface area (TPSA) is 36.4 Å². The monoisotopic (exact) mass is 405 g/mol. The number of likely N-dealkylation sites (N-methyl/N-ethyl adjacent to an activating group) is 1. The van der Waals surface area contributed by atoms with E-state index in [-0.39, 0.29) is 11.7 Å². The number of hydrogen-bond donors (Lipinski definition) is 0. The van der Waals surface area contributed by atoms with E-state index in [1.807, 2.05) is 12.1 Å². The van der Waals surface area contributed by atoms with Crippen molar-refractivity contribution in [1.29, 1.82) is 0 Å². The average Bonchev–Trinajstić information content (AvgIpc) is 3.08. The number of anilines is 1. The minimum atomic E-state index is -0.365. The molecule has 27 heavy (non-hydrogen) atoms. The molecule has 0 aliphatic carbocycles. The van der Waals surface area contributed by atoms with Crippen molar-refractivity contribution in [2.24, 2.45) is 0 Å². The molecule has 0 saturated heterocycles. The molecular formula is C20H21ClFN3OS. The van der Waals surface area contributed by atoms with Gasteiger partial charge in [0.1, 0.15) is 5.82 Å². The van der Waals surface area contributed by atoms with Gasteiger partial charge < -0.3 is 4.90 Å². The second kappa shape index (κ2) is 8.78. The summed E-state index contributed by atoms with van der Waals surface area (Å²) in [6.07, 6.45) is 0. The fourth-order valence-corrected chi connectivity index (χ4v) is 4.08. The average molecular weight is 406 g/mol. The van der Waals surface area contributed by atoms with Crippen LogP contribution in [-0.4, -0.2) is 42.0 Å². The Morgan fingerprint density at radius 1 is 1.11 bits per heavy atom. The third-order valence-electron chi connectivity index (χ3n) is 4.44. The molecule has 0 N–H and O–H groups in total. The third kappa shape index (κ3) is 4.64. The van der Waals surface area contributed by atoms with Crippen LogP contribution in [0.15, 0.2) is 42.5 Å². The maximum absolute atomic E-state index is 13.2. The molecule has 0 bridgehead atoms. The van der Waals surface area contributed by atoms with Gasteiger partial charge in [0.15, 0.2) is 5.13 Å². The first-order valence-electron chi connectivity index (χ1n) is 8.87. The summed E-state index contributed by atoms with van der Waals surface area (Å²) in [5.41, 5.74) is 1.24. The zero-order valence-electron chi connectivity index (χ0n) is 15.3. The molecule has 2 aromatic carbocycles. The standard InChI is InChI=1S/C20H21ClFN3OS/c1-3-24(4-2)11-12-25(19(26)14-5-8-16(22)9-6-14)20-23-17-10-7-15(21)13-18(17)27-20/h5-10,13H,3-4,11-12H2,1-2H3. The van der Waals surface area contributed by atoms with E-state index in [2.05, 4.69) is 23.7 Å². The Hall–Kier alpha value is -2.02. The Morgan fingerprint density at radius 3 is 2.48 bits per heavy atom. The molecule has 0 atom stereocenters. The van der Waals surface area contributed by atoms with Crippen LogP contribution in [0.4, 0.5) is 9.52 Å². The van der Waals surface area contributed by atoms with E-state index in [0.29, 0.717) is 22.3 Å². The lowest BCUT2D eigenvalue weighted by molar-refractivity contribution is 0.0983. The first kappa shape index (κ1) is 19.7. The van der Waals surface area contributed by atoms with Crippen molar-refractivity contribution in [2.45, 2.75) is 13.8 Å². The molecule has 1 amide bonds. The van der Waals surface area contributed by atoms with Gasteiger partial charge in [0.2, 0.25) is 0 Å². The van der Waals surface area contributed by atoms with Gasteiger partial charge in [-0.2, -0.15) is 0 Å². The van der Waals surface area contributed by atoms with E-state index in [4.69, 9.17) is 11.6 Å². The molecule has 0 aliphatic heterocycles. The van der Waals surface area contributed by atoms with Crippen LogP contribution in [0.5, 0.6) is 0 Å². The second-order valence-electron chi connectivity index (χ2n) is 6.10. The lowest BCUT2D eigenvalue weighted by Gasteiger charge is -2.24. The van der Waals surface area contributed by atoms with Gasteiger partial charge >= 0.3 is 0 Å². The minimum absolute atomic E-state index is 0.188. The zero-order chi connectivity index (χ0) is 19.4. The van der Waals surface area contributed by atoms with E-state index >= 15 is 0 Å². The number of thiazole rings is 1. The van der Waals surface area contributed by atoms with Crippen LogP contribution in [-0.2, 0) is 0 Å². The summed E-state index contributed by atoms with van der Waals surface area (Å²) in [4.78, 5) is 21.7. The fraction of sp³-hybridized carbons (Fsp3) is 0.300. The van der Waals surface area contributed by atoms with Gasteiger partial charge in [-0.15, -0.1) is 0 Å². The van der Waals surface area contributed by atoms with E-state index < -0.39 is 0 Å². The Morgan fingerprint density at radius 2 is 1.81 bits per heavy atom. The van der Waals surface area contributed by atoms with E-state index in [9.17, 15) is 9.18 Å².